The second-order valence-electron chi connectivity index (χ2n) is 5.95. The summed E-state index contributed by atoms with van der Waals surface area (Å²) in [5.74, 6) is 2.05. The highest BCUT2D eigenvalue weighted by atomic mass is 16.5. The van der Waals surface area contributed by atoms with Gasteiger partial charge in [-0.1, -0.05) is 12.1 Å². The van der Waals surface area contributed by atoms with Gasteiger partial charge in [0.15, 0.2) is 0 Å². The lowest BCUT2D eigenvalue weighted by molar-refractivity contribution is -0.129. The first-order valence-corrected chi connectivity index (χ1v) is 7.57. The van der Waals surface area contributed by atoms with Gasteiger partial charge >= 0.3 is 0 Å². The Hall–Kier alpha value is -2.30. The van der Waals surface area contributed by atoms with Gasteiger partial charge in [0.1, 0.15) is 11.6 Å². The zero-order valence-electron chi connectivity index (χ0n) is 13.2. The highest BCUT2D eigenvalue weighted by Crippen LogP contribution is 2.30. The van der Waals surface area contributed by atoms with Crippen LogP contribution in [-0.2, 0) is 4.79 Å². The van der Waals surface area contributed by atoms with Gasteiger partial charge in [-0.2, -0.15) is 0 Å². The zero-order chi connectivity index (χ0) is 15.7. The highest BCUT2D eigenvalue weighted by molar-refractivity contribution is 5.79. The summed E-state index contributed by atoms with van der Waals surface area (Å²) >= 11 is 0. The van der Waals surface area contributed by atoms with E-state index in [2.05, 4.69) is 9.97 Å². The molecule has 1 aliphatic heterocycles. The van der Waals surface area contributed by atoms with Crippen LogP contribution in [0.5, 0.6) is 5.75 Å². The molecular formula is C17H21N3O2. The van der Waals surface area contributed by atoms with Crippen molar-refractivity contribution in [2.24, 2.45) is 0 Å². The Morgan fingerprint density at radius 3 is 2.91 bits per heavy atom. The molecule has 2 heterocycles. The Labute approximate surface area is 130 Å². The summed E-state index contributed by atoms with van der Waals surface area (Å²) in [6.45, 7) is 4.83. The van der Waals surface area contributed by atoms with Crippen LogP contribution < -0.4 is 4.74 Å². The predicted molar refractivity (Wildman–Crippen MR) is 84.8 cm³/mol. The molecule has 1 aromatic heterocycles. The first kappa shape index (κ1) is 14.6. The molecule has 1 atom stereocenters. The molecule has 3 rings (SSSR count). The number of hydrogen-bond donors (Lipinski definition) is 1. The Kier molecular flexibility index (Phi) is 3.88. The summed E-state index contributed by atoms with van der Waals surface area (Å²) in [6.07, 6.45) is 2.36. The largest absolute Gasteiger partial charge is 0.497 e. The smallest absolute Gasteiger partial charge is 0.223 e. The Morgan fingerprint density at radius 1 is 1.41 bits per heavy atom. The van der Waals surface area contributed by atoms with E-state index in [0.717, 1.165) is 29.4 Å². The first-order valence-electron chi connectivity index (χ1n) is 7.57. The number of nitrogens with zero attached hydrogens (tertiary/aromatic N) is 2. The second-order valence-corrected chi connectivity index (χ2v) is 5.95. The Balaban J connectivity index is 1.81. The van der Waals surface area contributed by atoms with Gasteiger partial charge < -0.3 is 14.6 Å². The van der Waals surface area contributed by atoms with Crippen molar-refractivity contribution in [3.05, 3.63) is 36.3 Å². The van der Waals surface area contributed by atoms with Crippen molar-refractivity contribution < 1.29 is 9.53 Å². The summed E-state index contributed by atoms with van der Waals surface area (Å²) in [7, 11) is 1.65. The number of rotatable bonds is 4. The van der Waals surface area contributed by atoms with E-state index < -0.39 is 0 Å². The fourth-order valence-electron chi connectivity index (χ4n) is 2.90. The molecule has 1 saturated heterocycles. The number of amides is 1. The molecule has 22 heavy (non-hydrogen) atoms. The van der Waals surface area contributed by atoms with Crippen molar-refractivity contribution in [3.63, 3.8) is 0 Å². The van der Waals surface area contributed by atoms with E-state index in [-0.39, 0.29) is 17.9 Å². The Bertz CT molecular complexity index is 678. The van der Waals surface area contributed by atoms with E-state index in [1.165, 1.54) is 0 Å². The van der Waals surface area contributed by atoms with Gasteiger partial charge in [-0.25, -0.2) is 4.98 Å². The standard InChI is InChI=1S/C17H21N3O2/c1-11(2)20-10-13(8-16(20)21)17-18-9-15(19-17)12-5-4-6-14(7-12)22-3/h4-7,9,11,13H,8,10H2,1-3H3,(H,18,19). The number of carbonyl (C=O) groups is 1. The van der Waals surface area contributed by atoms with Crippen molar-refractivity contribution in [3.8, 4) is 17.0 Å². The van der Waals surface area contributed by atoms with Crippen LogP contribution in [0.1, 0.15) is 32.0 Å². The van der Waals surface area contributed by atoms with E-state index in [1.54, 1.807) is 7.11 Å². The number of likely N-dealkylation sites (tertiary alicyclic amines) is 1. The predicted octanol–water partition coefficient (Wildman–Crippen LogP) is 2.81. The minimum absolute atomic E-state index is 0.147. The topological polar surface area (TPSA) is 58.2 Å². The lowest BCUT2D eigenvalue weighted by Crippen LogP contribution is -2.31. The number of aromatic amines is 1. The molecule has 1 aromatic carbocycles. The number of methoxy groups -OCH3 is 1. The van der Waals surface area contributed by atoms with Crippen LogP contribution in [0.4, 0.5) is 0 Å². The molecule has 0 aliphatic carbocycles. The fraction of sp³-hybridized carbons (Fsp3) is 0.412. The normalized spacial score (nSPS) is 18.3. The third kappa shape index (κ3) is 2.71. The monoisotopic (exact) mass is 299 g/mol. The van der Waals surface area contributed by atoms with Crippen LogP contribution in [0.15, 0.2) is 30.5 Å². The molecule has 1 unspecified atom stereocenters. The van der Waals surface area contributed by atoms with Crippen molar-refractivity contribution in [2.45, 2.75) is 32.2 Å². The lowest BCUT2D eigenvalue weighted by Gasteiger charge is -2.20. The summed E-state index contributed by atoms with van der Waals surface area (Å²) in [5.41, 5.74) is 1.98. The average Bonchev–Trinajstić information content (AvgIpc) is 3.13. The number of benzene rings is 1. The van der Waals surface area contributed by atoms with Gasteiger partial charge in [-0.05, 0) is 26.0 Å². The molecule has 1 N–H and O–H groups in total. The van der Waals surface area contributed by atoms with E-state index >= 15 is 0 Å². The maximum atomic E-state index is 12.0. The van der Waals surface area contributed by atoms with Crippen LogP contribution >= 0.6 is 0 Å². The third-order valence-electron chi connectivity index (χ3n) is 4.14. The molecule has 0 spiro atoms. The molecule has 5 nitrogen and oxygen atoms in total. The number of nitrogens with one attached hydrogen (secondary N) is 1. The average molecular weight is 299 g/mol. The minimum Gasteiger partial charge on any atom is -0.497 e. The number of carbonyl (C=O) groups excluding carboxylic acids is 1. The number of imidazole rings is 1. The quantitative estimate of drug-likeness (QED) is 0.944. The minimum atomic E-state index is 0.147. The number of H-pyrrole nitrogens is 1. The lowest BCUT2D eigenvalue weighted by atomic mass is 10.1. The maximum Gasteiger partial charge on any atom is 0.223 e. The molecule has 1 fully saturated rings. The van der Waals surface area contributed by atoms with E-state index in [4.69, 9.17) is 4.74 Å². The third-order valence-corrected chi connectivity index (χ3v) is 4.14. The van der Waals surface area contributed by atoms with E-state index in [9.17, 15) is 4.79 Å². The molecule has 0 radical (unpaired) electrons. The van der Waals surface area contributed by atoms with Crippen molar-refractivity contribution >= 4 is 5.91 Å². The summed E-state index contributed by atoms with van der Waals surface area (Å²) < 4.78 is 5.25. The molecule has 0 saturated carbocycles. The Morgan fingerprint density at radius 2 is 2.23 bits per heavy atom. The van der Waals surface area contributed by atoms with Crippen molar-refractivity contribution in [1.82, 2.24) is 14.9 Å². The first-order chi connectivity index (χ1) is 10.6. The van der Waals surface area contributed by atoms with Gasteiger partial charge in [0, 0.05) is 30.5 Å². The van der Waals surface area contributed by atoms with Gasteiger partial charge in [0.05, 0.1) is 19.0 Å². The van der Waals surface area contributed by atoms with Gasteiger partial charge in [-0.3, -0.25) is 4.79 Å². The summed E-state index contributed by atoms with van der Waals surface area (Å²) in [5, 5.41) is 0. The van der Waals surface area contributed by atoms with Crippen LogP contribution in [0, 0.1) is 0 Å². The molecule has 5 heteroatoms. The second kappa shape index (κ2) is 5.83. The van der Waals surface area contributed by atoms with Crippen LogP contribution in [0.2, 0.25) is 0 Å². The van der Waals surface area contributed by atoms with Crippen LogP contribution in [0.3, 0.4) is 0 Å². The highest BCUT2D eigenvalue weighted by Gasteiger charge is 2.33. The maximum absolute atomic E-state index is 12.0. The molecule has 1 aliphatic rings. The summed E-state index contributed by atoms with van der Waals surface area (Å²) in [4.78, 5) is 21.8. The van der Waals surface area contributed by atoms with Gasteiger partial charge in [0.2, 0.25) is 5.91 Å². The molecule has 116 valence electrons. The molecule has 1 amide bonds. The van der Waals surface area contributed by atoms with Crippen LogP contribution in [-0.4, -0.2) is 40.5 Å². The van der Waals surface area contributed by atoms with Gasteiger partial charge in [-0.15, -0.1) is 0 Å². The number of ether oxygens (including phenoxy) is 1. The van der Waals surface area contributed by atoms with Gasteiger partial charge in [0.25, 0.3) is 0 Å². The molecule has 2 aromatic rings. The van der Waals surface area contributed by atoms with Crippen molar-refractivity contribution in [2.75, 3.05) is 13.7 Å². The number of hydrogen-bond acceptors (Lipinski definition) is 3. The van der Waals surface area contributed by atoms with Crippen LogP contribution in [0.25, 0.3) is 11.3 Å². The zero-order valence-corrected chi connectivity index (χ0v) is 13.2. The van der Waals surface area contributed by atoms with Crippen molar-refractivity contribution in [1.29, 1.82) is 0 Å². The van der Waals surface area contributed by atoms with E-state index in [1.807, 2.05) is 49.2 Å². The van der Waals surface area contributed by atoms with E-state index in [0.29, 0.717) is 6.42 Å². The fourth-order valence-corrected chi connectivity index (χ4v) is 2.90. The molecule has 0 bridgehead atoms. The summed E-state index contributed by atoms with van der Waals surface area (Å²) in [6, 6.07) is 8.09. The number of aromatic nitrogens is 2. The SMILES string of the molecule is COc1cccc(-c2cnc(C3CC(=O)N(C(C)C)C3)[nH]2)c1. The molecular weight excluding hydrogens is 278 g/mol.